The average Bonchev–Trinajstić information content (AvgIpc) is 2.69. The molecule has 2 N–H and O–H groups in total. The summed E-state index contributed by atoms with van der Waals surface area (Å²) in [6, 6.07) is 3.58. The maximum absolute atomic E-state index is 12.5. The molecule has 2 rings (SSSR count). The van der Waals surface area contributed by atoms with Gasteiger partial charge < -0.3 is 0 Å². The van der Waals surface area contributed by atoms with Gasteiger partial charge in [0.15, 0.2) is 0 Å². The van der Waals surface area contributed by atoms with Crippen LogP contribution in [0.5, 0.6) is 0 Å². The zero-order valence-corrected chi connectivity index (χ0v) is 12.7. The molecule has 0 atom stereocenters. The van der Waals surface area contributed by atoms with Gasteiger partial charge in [0.05, 0.1) is 16.9 Å². The quantitative estimate of drug-likeness (QED) is 0.897. The van der Waals surface area contributed by atoms with Crippen LogP contribution in [0.2, 0.25) is 0 Å². The maximum Gasteiger partial charge on any atom is 0.245 e. The molecular weight excluding hydrogens is 276 g/mol. The number of aromatic amines is 1. The fourth-order valence-electron chi connectivity index (χ4n) is 2.15. The number of nitrogens with one attached hydrogen (secondary N) is 2. The normalized spacial score (nSPS) is 12.6. The minimum atomic E-state index is -3.65. The summed E-state index contributed by atoms with van der Waals surface area (Å²) in [6.07, 6.45) is 3.28. The number of sulfonamides is 1. The molecule has 0 unspecified atom stereocenters. The predicted octanol–water partition coefficient (Wildman–Crippen LogP) is 1.64. The summed E-state index contributed by atoms with van der Waals surface area (Å²) in [4.78, 5) is 4.15. The lowest BCUT2D eigenvalue weighted by atomic mass is 9.97. The molecule has 0 aliphatic carbocycles. The maximum atomic E-state index is 12.5. The monoisotopic (exact) mass is 294 g/mol. The van der Waals surface area contributed by atoms with Crippen molar-refractivity contribution in [2.45, 2.75) is 38.1 Å². The van der Waals surface area contributed by atoms with E-state index in [-0.39, 0.29) is 4.90 Å². The van der Waals surface area contributed by atoms with Crippen molar-refractivity contribution in [1.29, 1.82) is 0 Å². The predicted molar refractivity (Wildman–Crippen MR) is 75.6 cm³/mol. The molecule has 108 valence electrons. The molecule has 0 aromatic carbocycles. The third-order valence-corrected chi connectivity index (χ3v) is 5.04. The van der Waals surface area contributed by atoms with Crippen LogP contribution in [0, 0.1) is 13.8 Å². The van der Waals surface area contributed by atoms with Crippen molar-refractivity contribution < 1.29 is 8.42 Å². The van der Waals surface area contributed by atoms with Gasteiger partial charge in [-0.25, -0.2) is 13.1 Å². The van der Waals surface area contributed by atoms with E-state index in [1.807, 2.05) is 13.8 Å². The van der Waals surface area contributed by atoms with Gasteiger partial charge in [-0.15, -0.1) is 0 Å². The number of hydrogen-bond donors (Lipinski definition) is 2. The van der Waals surface area contributed by atoms with E-state index < -0.39 is 15.6 Å². The lowest BCUT2D eigenvalue weighted by Gasteiger charge is -2.26. The number of aryl methyl sites for hydroxylation is 2. The highest BCUT2D eigenvalue weighted by molar-refractivity contribution is 7.89. The number of rotatable bonds is 4. The smallest absolute Gasteiger partial charge is 0.245 e. The second-order valence-electron chi connectivity index (χ2n) is 5.23. The molecule has 0 fully saturated rings. The third kappa shape index (κ3) is 2.73. The molecular formula is C13H18N4O2S. The highest BCUT2D eigenvalue weighted by Gasteiger charge is 2.30. The standard InChI is InChI=1S/C13H18N4O2S/c1-9-12(10(2)16-15-9)20(18,19)17-13(3,4)11-5-7-14-8-6-11/h5-8,17H,1-4H3,(H,15,16). The second kappa shape index (κ2) is 4.99. The SMILES string of the molecule is Cc1n[nH]c(C)c1S(=O)(=O)NC(C)(C)c1ccncc1. The zero-order valence-electron chi connectivity index (χ0n) is 11.9. The molecule has 7 heteroatoms. The Balaban J connectivity index is 2.39. The van der Waals surface area contributed by atoms with Crippen molar-refractivity contribution in [1.82, 2.24) is 19.9 Å². The zero-order chi connectivity index (χ0) is 15.0. The van der Waals surface area contributed by atoms with Gasteiger partial charge in [-0.1, -0.05) is 0 Å². The van der Waals surface area contributed by atoms with Crippen molar-refractivity contribution in [2.24, 2.45) is 0 Å². The Morgan fingerprint density at radius 3 is 2.30 bits per heavy atom. The summed E-state index contributed by atoms with van der Waals surface area (Å²) in [5, 5.41) is 6.62. The number of nitrogens with zero attached hydrogens (tertiary/aromatic N) is 2. The van der Waals surface area contributed by atoms with Crippen LogP contribution < -0.4 is 4.72 Å². The van der Waals surface area contributed by atoms with E-state index in [0.29, 0.717) is 11.4 Å². The van der Waals surface area contributed by atoms with E-state index >= 15 is 0 Å². The van der Waals surface area contributed by atoms with Crippen LogP contribution >= 0.6 is 0 Å². The van der Waals surface area contributed by atoms with Crippen LogP contribution in [0.15, 0.2) is 29.4 Å². The first-order valence-corrected chi connectivity index (χ1v) is 7.68. The summed E-state index contributed by atoms with van der Waals surface area (Å²) in [6.45, 7) is 6.97. The topological polar surface area (TPSA) is 87.7 Å². The second-order valence-corrected chi connectivity index (χ2v) is 6.85. The van der Waals surface area contributed by atoms with E-state index in [1.165, 1.54) is 0 Å². The van der Waals surface area contributed by atoms with Crippen molar-refractivity contribution in [3.8, 4) is 0 Å². The van der Waals surface area contributed by atoms with Crippen molar-refractivity contribution >= 4 is 10.0 Å². The molecule has 2 aromatic rings. The largest absolute Gasteiger partial charge is 0.281 e. The van der Waals surface area contributed by atoms with Crippen molar-refractivity contribution in [3.63, 3.8) is 0 Å². The van der Waals surface area contributed by atoms with Crippen LogP contribution in [0.4, 0.5) is 0 Å². The van der Waals surface area contributed by atoms with Crippen molar-refractivity contribution in [3.05, 3.63) is 41.5 Å². The summed E-state index contributed by atoms with van der Waals surface area (Å²) in [5.74, 6) is 0. The molecule has 20 heavy (non-hydrogen) atoms. The van der Waals surface area contributed by atoms with Crippen LogP contribution in [0.25, 0.3) is 0 Å². The first-order valence-electron chi connectivity index (χ1n) is 6.20. The van der Waals surface area contributed by atoms with Gasteiger partial charge in [0.2, 0.25) is 10.0 Å². The van der Waals surface area contributed by atoms with Gasteiger partial charge in [0.25, 0.3) is 0 Å². The first-order chi connectivity index (χ1) is 9.24. The molecule has 0 saturated heterocycles. The van der Waals surface area contributed by atoms with Gasteiger partial charge >= 0.3 is 0 Å². The summed E-state index contributed by atoms with van der Waals surface area (Å²) >= 11 is 0. The van der Waals surface area contributed by atoms with E-state index in [9.17, 15) is 8.42 Å². The van der Waals surface area contributed by atoms with Crippen molar-refractivity contribution in [2.75, 3.05) is 0 Å². The minimum Gasteiger partial charge on any atom is -0.281 e. The molecule has 0 amide bonds. The fraction of sp³-hybridized carbons (Fsp3) is 0.385. The van der Waals surface area contributed by atoms with Gasteiger partial charge in [-0.3, -0.25) is 10.1 Å². The molecule has 0 radical (unpaired) electrons. The lowest BCUT2D eigenvalue weighted by Crippen LogP contribution is -2.41. The molecule has 0 spiro atoms. The Kier molecular flexibility index (Phi) is 3.66. The molecule has 0 bridgehead atoms. The summed E-state index contributed by atoms with van der Waals surface area (Å²) in [5.41, 5.74) is 1.09. The highest BCUT2D eigenvalue weighted by Crippen LogP contribution is 2.24. The van der Waals surface area contributed by atoms with E-state index in [0.717, 1.165) is 5.56 Å². The van der Waals surface area contributed by atoms with Gasteiger partial charge in [0.1, 0.15) is 4.90 Å². The minimum absolute atomic E-state index is 0.208. The average molecular weight is 294 g/mol. The number of pyridine rings is 1. The van der Waals surface area contributed by atoms with Gasteiger partial charge in [-0.05, 0) is 45.4 Å². The molecule has 0 aliphatic rings. The van der Waals surface area contributed by atoms with E-state index in [2.05, 4.69) is 19.9 Å². The molecule has 6 nitrogen and oxygen atoms in total. The number of hydrogen-bond acceptors (Lipinski definition) is 4. The molecule has 0 saturated carbocycles. The number of aromatic nitrogens is 3. The van der Waals surface area contributed by atoms with Crippen LogP contribution in [0.1, 0.15) is 30.8 Å². The fourth-order valence-corrected chi connectivity index (χ4v) is 3.93. The van der Waals surface area contributed by atoms with E-state index in [1.54, 1.807) is 38.4 Å². The Bertz CT molecular complexity index is 686. The van der Waals surface area contributed by atoms with Crippen LogP contribution in [0.3, 0.4) is 0 Å². The Hall–Kier alpha value is -1.73. The Labute approximate surface area is 118 Å². The molecule has 2 heterocycles. The summed E-state index contributed by atoms with van der Waals surface area (Å²) < 4.78 is 27.8. The first kappa shape index (κ1) is 14.7. The van der Waals surface area contributed by atoms with Gasteiger partial charge in [0, 0.05) is 12.4 Å². The van der Waals surface area contributed by atoms with E-state index in [4.69, 9.17) is 0 Å². The van der Waals surface area contributed by atoms with Crippen LogP contribution in [-0.4, -0.2) is 23.6 Å². The molecule has 0 aliphatic heterocycles. The Morgan fingerprint density at radius 1 is 1.20 bits per heavy atom. The van der Waals surface area contributed by atoms with Crippen LogP contribution in [-0.2, 0) is 15.6 Å². The highest BCUT2D eigenvalue weighted by atomic mass is 32.2. The lowest BCUT2D eigenvalue weighted by molar-refractivity contribution is 0.471. The third-order valence-electron chi connectivity index (χ3n) is 3.12. The number of H-pyrrole nitrogens is 1. The Morgan fingerprint density at radius 2 is 1.80 bits per heavy atom. The van der Waals surface area contributed by atoms with Gasteiger partial charge in [-0.2, -0.15) is 5.10 Å². The molecule has 2 aromatic heterocycles. The summed E-state index contributed by atoms with van der Waals surface area (Å²) in [7, 11) is -3.65.